The number of likely N-dealkylation sites (N-methyl/N-ethyl adjacent to an activating group) is 1. The van der Waals surface area contributed by atoms with Gasteiger partial charge in [-0.15, -0.1) is 0 Å². The number of fused-ring (bicyclic) bond motifs is 2. The summed E-state index contributed by atoms with van der Waals surface area (Å²) in [6.45, 7) is 1.17. The average molecular weight is 378 g/mol. The van der Waals surface area contributed by atoms with Crippen molar-refractivity contribution < 1.29 is 14.4 Å². The van der Waals surface area contributed by atoms with Gasteiger partial charge in [-0.05, 0) is 30.3 Å². The minimum atomic E-state index is -0.686. The van der Waals surface area contributed by atoms with Gasteiger partial charge < -0.3 is 20.4 Å². The maximum Gasteiger partial charge on any atom is 0.256 e. The standard InChI is InChI=1S/C21H22N4O3/c1-22-12-19(26)24-9-10-25-18(13-24)20(27)23-17-8-7-15(11-16(17)21(25)28)14-5-3-2-4-6-14/h2-8,11,18,22H,9-10,12-13H2,1H3,(H,23,27)/t18-/m1/s1. The molecule has 2 aromatic rings. The second-order valence-electron chi connectivity index (χ2n) is 7.00. The first-order chi connectivity index (χ1) is 13.6. The first-order valence-corrected chi connectivity index (χ1v) is 9.32. The Bertz CT molecular complexity index is 929. The van der Waals surface area contributed by atoms with Gasteiger partial charge in [0.1, 0.15) is 6.04 Å². The summed E-state index contributed by atoms with van der Waals surface area (Å²) in [6, 6.07) is 14.6. The van der Waals surface area contributed by atoms with E-state index in [0.717, 1.165) is 11.1 Å². The maximum atomic E-state index is 13.2. The molecule has 0 saturated carbocycles. The minimum Gasteiger partial charge on any atom is -0.337 e. The van der Waals surface area contributed by atoms with Gasteiger partial charge in [0.25, 0.3) is 5.91 Å². The van der Waals surface area contributed by atoms with Crippen LogP contribution in [0.2, 0.25) is 0 Å². The third-order valence-electron chi connectivity index (χ3n) is 5.24. The van der Waals surface area contributed by atoms with Gasteiger partial charge >= 0.3 is 0 Å². The molecular formula is C21H22N4O3. The zero-order chi connectivity index (χ0) is 19.7. The Morgan fingerprint density at radius 2 is 1.89 bits per heavy atom. The summed E-state index contributed by atoms with van der Waals surface area (Å²) in [5, 5.41) is 5.70. The van der Waals surface area contributed by atoms with E-state index >= 15 is 0 Å². The van der Waals surface area contributed by atoms with Gasteiger partial charge in [0.05, 0.1) is 24.3 Å². The van der Waals surface area contributed by atoms with Gasteiger partial charge in [0.2, 0.25) is 11.8 Å². The van der Waals surface area contributed by atoms with E-state index in [9.17, 15) is 14.4 Å². The normalized spacial score (nSPS) is 18.8. The largest absolute Gasteiger partial charge is 0.337 e. The quantitative estimate of drug-likeness (QED) is 0.840. The number of hydrogen-bond acceptors (Lipinski definition) is 4. The van der Waals surface area contributed by atoms with Crippen molar-refractivity contribution in [3.05, 3.63) is 54.1 Å². The van der Waals surface area contributed by atoms with Crippen molar-refractivity contribution in [2.75, 3.05) is 38.5 Å². The van der Waals surface area contributed by atoms with Crippen LogP contribution >= 0.6 is 0 Å². The predicted molar refractivity (Wildman–Crippen MR) is 106 cm³/mol. The topological polar surface area (TPSA) is 81.8 Å². The van der Waals surface area contributed by atoms with E-state index in [0.29, 0.717) is 24.3 Å². The molecule has 7 heteroatoms. The molecule has 0 aromatic heterocycles. The molecular weight excluding hydrogens is 356 g/mol. The SMILES string of the molecule is CNCC(=O)N1CCN2C(=O)c3cc(-c4ccccc4)ccc3NC(=O)[C@H]2C1. The molecule has 2 heterocycles. The number of piperazine rings is 1. The highest BCUT2D eigenvalue weighted by Crippen LogP contribution is 2.30. The van der Waals surface area contributed by atoms with Crippen molar-refractivity contribution in [2.45, 2.75) is 6.04 Å². The first-order valence-electron chi connectivity index (χ1n) is 9.32. The highest BCUT2D eigenvalue weighted by atomic mass is 16.2. The molecule has 2 aromatic carbocycles. The van der Waals surface area contributed by atoms with Crippen molar-refractivity contribution in [2.24, 2.45) is 0 Å². The highest BCUT2D eigenvalue weighted by Gasteiger charge is 2.40. The predicted octanol–water partition coefficient (Wildman–Crippen LogP) is 1.18. The molecule has 1 atom stereocenters. The Balaban J connectivity index is 1.65. The van der Waals surface area contributed by atoms with Crippen LogP contribution in [0.25, 0.3) is 11.1 Å². The molecule has 0 unspecified atom stereocenters. The molecule has 1 fully saturated rings. The van der Waals surface area contributed by atoms with E-state index in [1.165, 1.54) is 0 Å². The van der Waals surface area contributed by atoms with Gasteiger partial charge in [-0.2, -0.15) is 0 Å². The van der Waals surface area contributed by atoms with Crippen LogP contribution in [0.3, 0.4) is 0 Å². The fourth-order valence-electron chi connectivity index (χ4n) is 3.75. The van der Waals surface area contributed by atoms with E-state index in [4.69, 9.17) is 0 Å². The lowest BCUT2D eigenvalue weighted by molar-refractivity contribution is -0.134. The Kier molecular flexibility index (Phi) is 4.83. The van der Waals surface area contributed by atoms with Crippen LogP contribution in [0, 0.1) is 0 Å². The fraction of sp³-hybridized carbons (Fsp3) is 0.286. The Hall–Kier alpha value is -3.19. The summed E-state index contributed by atoms with van der Waals surface area (Å²) in [4.78, 5) is 41.4. The molecule has 144 valence electrons. The molecule has 0 bridgehead atoms. The number of rotatable bonds is 3. The van der Waals surface area contributed by atoms with Crippen molar-refractivity contribution in [3.8, 4) is 11.1 Å². The summed E-state index contributed by atoms with van der Waals surface area (Å²) >= 11 is 0. The smallest absolute Gasteiger partial charge is 0.256 e. The van der Waals surface area contributed by atoms with Crippen LogP contribution in [0.5, 0.6) is 0 Å². The number of benzene rings is 2. The van der Waals surface area contributed by atoms with Gasteiger partial charge in [0.15, 0.2) is 0 Å². The number of carbonyl (C=O) groups is 3. The molecule has 0 radical (unpaired) electrons. The molecule has 4 rings (SSSR count). The lowest BCUT2D eigenvalue weighted by atomic mass is 10.0. The Labute approximate surface area is 163 Å². The van der Waals surface area contributed by atoms with Crippen LogP contribution in [0.1, 0.15) is 10.4 Å². The van der Waals surface area contributed by atoms with E-state index in [2.05, 4.69) is 10.6 Å². The molecule has 0 spiro atoms. The van der Waals surface area contributed by atoms with E-state index in [-0.39, 0.29) is 30.8 Å². The second kappa shape index (κ2) is 7.44. The Morgan fingerprint density at radius 1 is 1.11 bits per heavy atom. The zero-order valence-corrected chi connectivity index (χ0v) is 15.6. The first kappa shape index (κ1) is 18.2. The van der Waals surface area contributed by atoms with Crippen molar-refractivity contribution in [1.82, 2.24) is 15.1 Å². The monoisotopic (exact) mass is 378 g/mol. The third-order valence-corrected chi connectivity index (χ3v) is 5.24. The summed E-state index contributed by atoms with van der Waals surface area (Å²) in [5.74, 6) is -0.520. The molecule has 1 saturated heterocycles. The number of nitrogens with zero attached hydrogens (tertiary/aromatic N) is 2. The van der Waals surface area contributed by atoms with Gasteiger partial charge in [-0.3, -0.25) is 14.4 Å². The zero-order valence-electron chi connectivity index (χ0n) is 15.6. The van der Waals surface area contributed by atoms with Gasteiger partial charge in [0, 0.05) is 13.1 Å². The number of carbonyl (C=O) groups excluding carboxylic acids is 3. The van der Waals surface area contributed by atoms with Crippen LogP contribution in [-0.2, 0) is 9.59 Å². The van der Waals surface area contributed by atoms with E-state index in [1.54, 1.807) is 22.9 Å². The Morgan fingerprint density at radius 3 is 2.64 bits per heavy atom. The molecule has 3 amide bonds. The summed E-state index contributed by atoms with van der Waals surface area (Å²) in [6.07, 6.45) is 0. The number of anilines is 1. The minimum absolute atomic E-state index is 0.0736. The summed E-state index contributed by atoms with van der Waals surface area (Å²) in [7, 11) is 1.71. The molecule has 2 aliphatic heterocycles. The van der Waals surface area contributed by atoms with Crippen LogP contribution in [0.4, 0.5) is 5.69 Å². The second-order valence-corrected chi connectivity index (χ2v) is 7.00. The maximum absolute atomic E-state index is 13.2. The fourth-order valence-corrected chi connectivity index (χ4v) is 3.75. The van der Waals surface area contributed by atoms with Gasteiger partial charge in [-0.25, -0.2) is 0 Å². The van der Waals surface area contributed by atoms with Crippen LogP contribution in [-0.4, -0.2) is 66.8 Å². The number of hydrogen-bond donors (Lipinski definition) is 2. The lowest BCUT2D eigenvalue weighted by Crippen LogP contribution is -2.60. The number of amides is 3. The molecule has 2 aliphatic rings. The summed E-state index contributed by atoms with van der Waals surface area (Å²) < 4.78 is 0. The van der Waals surface area contributed by atoms with Crippen molar-refractivity contribution >= 4 is 23.4 Å². The summed E-state index contributed by atoms with van der Waals surface area (Å²) in [5.41, 5.74) is 2.92. The van der Waals surface area contributed by atoms with Crippen LogP contribution in [0.15, 0.2) is 48.5 Å². The molecule has 2 N–H and O–H groups in total. The average Bonchev–Trinajstić information content (AvgIpc) is 2.83. The lowest BCUT2D eigenvalue weighted by Gasteiger charge is -2.39. The highest BCUT2D eigenvalue weighted by molar-refractivity contribution is 6.10. The van der Waals surface area contributed by atoms with Crippen LogP contribution < -0.4 is 10.6 Å². The van der Waals surface area contributed by atoms with E-state index in [1.807, 2.05) is 42.5 Å². The third kappa shape index (κ3) is 3.25. The van der Waals surface area contributed by atoms with Gasteiger partial charge in [-0.1, -0.05) is 36.4 Å². The van der Waals surface area contributed by atoms with Crippen molar-refractivity contribution in [3.63, 3.8) is 0 Å². The number of nitrogens with one attached hydrogen (secondary N) is 2. The molecule has 28 heavy (non-hydrogen) atoms. The van der Waals surface area contributed by atoms with E-state index < -0.39 is 6.04 Å². The van der Waals surface area contributed by atoms with Crippen molar-refractivity contribution in [1.29, 1.82) is 0 Å². The molecule has 7 nitrogen and oxygen atoms in total. The molecule has 0 aliphatic carbocycles.